The highest BCUT2D eigenvalue weighted by Gasteiger charge is 1.99. The van der Waals surface area contributed by atoms with Crippen LogP contribution in [0.5, 0.6) is 0 Å². The summed E-state index contributed by atoms with van der Waals surface area (Å²) in [5.74, 6) is 0. The molecule has 0 saturated carbocycles. The van der Waals surface area contributed by atoms with Gasteiger partial charge in [-0.1, -0.05) is 12.6 Å². The SMILES string of the molecule is CC([S])c1cc[nH]n1. The van der Waals surface area contributed by atoms with Crippen molar-refractivity contribution in [1.29, 1.82) is 0 Å². The third-order valence-corrected chi connectivity index (χ3v) is 1.18. The van der Waals surface area contributed by atoms with Crippen LogP contribution in [0.1, 0.15) is 17.9 Å². The molecule has 0 aliphatic carbocycles. The van der Waals surface area contributed by atoms with E-state index in [0.29, 0.717) is 0 Å². The van der Waals surface area contributed by atoms with Gasteiger partial charge in [0.2, 0.25) is 0 Å². The zero-order valence-corrected chi connectivity index (χ0v) is 5.40. The maximum atomic E-state index is 4.92. The van der Waals surface area contributed by atoms with Crippen molar-refractivity contribution in [2.45, 2.75) is 12.2 Å². The molecular formula is C5H7N2S. The van der Waals surface area contributed by atoms with Crippen LogP contribution in [0.3, 0.4) is 0 Å². The number of nitrogens with one attached hydrogen (secondary N) is 1. The monoisotopic (exact) mass is 127 g/mol. The summed E-state index contributed by atoms with van der Waals surface area (Å²) in [6.45, 7) is 1.94. The van der Waals surface area contributed by atoms with Crippen molar-refractivity contribution < 1.29 is 0 Å². The minimum Gasteiger partial charge on any atom is -0.285 e. The van der Waals surface area contributed by atoms with Gasteiger partial charge in [-0.25, -0.2) is 0 Å². The Morgan fingerprint density at radius 2 is 2.62 bits per heavy atom. The zero-order valence-electron chi connectivity index (χ0n) is 4.59. The first-order chi connectivity index (χ1) is 3.80. The lowest BCUT2D eigenvalue weighted by Gasteiger charge is -1.91. The topological polar surface area (TPSA) is 28.7 Å². The lowest BCUT2D eigenvalue weighted by molar-refractivity contribution is 0.962. The number of hydrogen-bond donors (Lipinski definition) is 1. The van der Waals surface area contributed by atoms with Gasteiger partial charge in [0.15, 0.2) is 0 Å². The molecule has 0 fully saturated rings. The molecule has 1 aromatic rings. The first-order valence-corrected chi connectivity index (χ1v) is 2.93. The number of aromatic nitrogens is 2. The molecule has 1 atom stereocenters. The Hall–Kier alpha value is -0.440. The Morgan fingerprint density at radius 3 is 2.88 bits per heavy atom. The molecule has 1 radical (unpaired) electrons. The van der Waals surface area contributed by atoms with Crippen molar-refractivity contribution in [3.63, 3.8) is 0 Å². The fourth-order valence-electron chi connectivity index (χ4n) is 0.498. The smallest absolute Gasteiger partial charge is 0.0757 e. The van der Waals surface area contributed by atoms with Gasteiger partial charge < -0.3 is 0 Å². The fraction of sp³-hybridized carbons (Fsp3) is 0.400. The molecule has 3 heteroatoms. The largest absolute Gasteiger partial charge is 0.285 e. The molecule has 8 heavy (non-hydrogen) atoms. The first kappa shape index (κ1) is 5.69. The van der Waals surface area contributed by atoms with Crippen molar-refractivity contribution in [1.82, 2.24) is 10.2 Å². The fourth-order valence-corrected chi connectivity index (χ4v) is 0.629. The second-order valence-corrected chi connectivity index (χ2v) is 2.35. The van der Waals surface area contributed by atoms with Gasteiger partial charge in [0.25, 0.3) is 0 Å². The summed E-state index contributed by atoms with van der Waals surface area (Å²) in [7, 11) is 0. The van der Waals surface area contributed by atoms with E-state index < -0.39 is 0 Å². The average molecular weight is 127 g/mol. The Morgan fingerprint density at radius 1 is 1.88 bits per heavy atom. The summed E-state index contributed by atoms with van der Waals surface area (Å²) >= 11 is 4.92. The summed E-state index contributed by atoms with van der Waals surface area (Å²) in [4.78, 5) is 0. The number of nitrogens with zero attached hydrogens (tertiary/aromatic N) is 1. The highest BCUT2D eigenvalue weighted by atomic mass is 32.1. The van der Waals surface area contributed by atoms with Crippen molar-refractivity contribution in [3.8, 4) is 0 Å². The molecule has 43 valence electrons. The van der Waals surface area contributed by atoms with Crippen molar-refractivity contribution in [2.24, 2.45) is 0 Å². The summed E-state index contributed by atoms with van der Waals surface area (Å²) in [6.07, 6.45) is 1.78. The van der Waals surface area contributed by atoms with Gasteiger partial charge >= 0.3 is 0 Å². The third kappa shape index (κ3) is 1.04. The molecule has 0 aromatic carbocycles. The molecule has 1 heterocycles. The molecule has 0 saturated heterocycles. The van der Waals surface area contributed by atoms with E-state index in [2.05, 4.69) is 10.2 Å². The predicted octanol–water partition coefficient (Wildman–Crippen LogP) is 1.67. The maximum Gasteiger partial charge on any atom is 0.0757 e. The van der Waals surface area contributed by atoms with Crippen LogP contribution < -0.4 is 0 Å². The van der Waals surface area contributed by atoms with E-state index in [1.165, 1.54) is 0 Å². The summed E-state index contributed by atoms with van der Waals surface area (Å²) < 4.78 is 0. The van der Waals surface area contributed by atoms with E-state index in [9.17, 15) is 0 Å². The van der Waals surface area contributed by atoms with Crippen molar-refractivity contribution in [2.75, 3.05) is 0 Å². The predicted molar refractivity (Wildman–Crippen MR) is 34.6 cm³/mol. The lowest BCUT2D eigenvalue weighted by atomic mass is 10.3. The average Bonchev–Trinajstić information content (AvgIpc) is 2.12. The maximum absolute atomic E-state index is 4.92. The van der Waals surface area contributed by atoms with E-state index in [1.807, 2.05) is 13.0 Å². The second-order valence-electron chi connectivity index (χ2n) is 1.64. The molecule has 0 spiro atoms. The minimum absolute atomic E-state index is 0.126. The molecule has 0 aliphatic heterocycles. The molecule has 0 bridgehead atoms. The van der Waals surface area contributed by atoms with E-state index in [1.54, 1.807) is 6.20 Å². The van der Waals surface area contributed by atoms with Crippen LogP contribution in [-0.4, -0.2) is 10.2 Å². The first-order valence-electron chi connectivity index (χ1n) is 2.46. The molecular weight excluding hydrogens is 120 g/mol. The molecule has 0 aliphatic rings. The Kier molecular flexibility index (Phi) is 1.58. The zero-order chi connectivity index (χ0) is 5.98. The normalized spacial score (nSPS) is 13.8. The van der Waals surface area contributed by atoms with Crippen LogP contribution >= 0.6 is 12.6 Å². The number of H-pyrrole nitrogens is 1. The lowest BCUT2D eigenvalue weighted by Crippen LogP contribution is -1.82. The summed E-state index contributed by atoms with van der Waals surface area (Å²) in [6, 6.07) is 1.89. The molecule has 1 aromatic heterocycles. The molecule has 1 rings (SSSR count). The van der Waals surface area contributed by atoms with Crippen LogP contribution in [0.2, 0.25) is 0 Å². The summed E-state index contributed by atoms with van der Waals surface area (Å²) in [5.41, 5.74) is 0.944. The Bertz CT molecular complexity index is 145. The number of aromatic amines is 1. The third-order valence-electron chi connectivity index (χ3n) is 0.939. The van der Waals surface area contributed by atoms with Crippen LogP contribution in [-0.2, 0) is 0 Å². The highest BCUT2D eigenvalue weighted by molar-refractivity contribution is 7.80. The van der Waals surface area contributed by atoms with Gasteiger partial charge in [-0.15, -0.1) is 0 Å². The van der Waals surface area contributed by atoms with Crippen LogP contribution in [0.4, 0.5) is 0 Å². The molecule has 0 amide bonds. The van der Waals surface area contributed by atoms with Gasteiger partial charge in [0, 0.05) is 6.20 Å². The van der Waals surface area contributed by atoms with Crippen LogP contribution in [0.15, 0.2) is 12.3 Å². The van der Waals surface area contributed by atoms with Gasteiger partial charge in [-0.05, 0) is 13.0 Å². The van der Waals surface area contributed by atoms with Crippen molar-refractivity contribution >= 4 is 12.6 Å². The number of hydrogen-bond acceptors (Lipinski definition) is 1. The van der Waals surface area contributed by atoms with E-state index >= 15 is 0 Å². The van der Waals surface area contributed by atoms with Gasteiger partial charge in [-0.3, -0.25) is 5.10 Å². The van der Waals surface area contributed by atoms with E-state index in [4.69, 9.17) is 12.6 Å². The molecule has 1 N–H and O–H groups in total. The minimum atomic E-state index is 0.126. The Balaban J connectivity index is 2.77. The highest BCUT2D eigenvalue weighted by Crippen LogP contribution is 2.13. The standard InChI is InChI=1S/C5H7N2S/c1-4(8)5-2-3-6-7-5/h2-4H,1H3,(H,6,7). The molecule has 1 unspecified atom stereocenters. The van der Waals surface area contributed by atoms with E-state index in [-0.39, 0.29) is 5.25 Å². The van der Waals surface area contributed by atoms with E-state index in [0.717, 1.165) is 5.69 Å². The van der Waals surface area contributed by atoms with Crippen LogP contribution in [0.25, 0.3) is 0 Å². The summed E-state index contributed by atoms with van der Waals surface area (Å²) in [5, 5.41) is 6.71. The molecule has 2 nitrogen and oxygen atoms in total. The van der Waals surface area contributed by atoms with Gasteiger partial charge in [-0.2, -0.15) is 5.10 Å². The van der Waals surface area contributed by atoms with Crippen molar-refractivity contribution in [3.05, 3.63) is 18.0 Å². The van der Waals surface area contributed by atoms with Gasteiger partial charge in [0.1, 0.15) is 0 Å². The second kappa shape index (κ2) is 2.22. The van der Waals surface area contributed by atoms with Crippen LogP contribution in [0, 0.1) is 0 Å². The quantitative estimate of drug-likeness (QED) is 0.610. The number of rotatable bonds is 1. The Labute approximate surface area is 53.7 Å². The van der Waals surface area contributed by atoms with Gasteiger partial charge in [0.05, 0.1) is 10.9 Å².